The topological polar surface area (TPSA) is 66.9 Å². The van der Waals surface area contributed by atoms with E-state index in [4.69, 9.17) is 9.47 Å². The van der Waals surface area contributed by atoms with Crippen LogP contribution in [0.1, 0.15) is 29.9 Å². The van der Waals surface area contributed by atoms with Gasteiger partial charge in [0.1, 0.15) is 5.69 Å². The highest BCUT2D eigenvalue weighted by atomic mass is 16.7. The second-order valence-corrected chi connectivity index (χ2v) is 7.48. The lowest BCUT2D eigenvalue weighted by Crippen LogP contribution is -2.46. The summed E-state index contributed by atoms with van der Waals surface area (Å²) in [7, 11) is 0. The van der Waals surface area contributed by atoms with Gasteiger partial charge in [0.05, 0.1) is 11.9 Å². The minimum Gasteiger partial charge on any atom is -0.454 e. The van der Waals surface area contributed by atoms with E-state index >= 15 is 0 Å². The second kappa shape index (κ2) is 8.06. The molecule has 0 unspecified atom stereocenters. The number of pyridine rings is 1. The van der Waals surface area contributed by atoms with Gasteiger partial charge in [-0.15, -0.1) is 0 Å². The number of carbonyl (C=O) groups is 1. The van der Waals surface area contributed by atoms with Crippen LogP contribution in [0.3, 0.4) is 0 Å². The SMILES string of the molecule is CC(C)NC(=O)c1ccc(N2CCN(Cc3ccc4c(c3)OCO4)CC2)cn1. The van der Waals surface area contributed by atoms with Crippen molar-refractivity contribution in [3.8, 4) is 11.5 Å². The van der Waals surface area contributed by atoms with Gasteiger partial charge in [-0.05, 0) is 43.7 Å². The molecule has 7 nitrogen and oxygen atoms in total. The molecule has 1 amide bonds. The number of carbonyl (C=O) groups excluding carboxylic acids is 1. The lowest BCUT2D eigenvalue weighted by atomic mass is 10.1. The van der Waals surface area contributed by atoms with E-state index in [1.807, 2.05) is 26.0 Å². The first kappa shape index (κ1) is 18.6. The van der Waals surface area contributed by atoms with Gasteiger partial charge < -0.3 is 19.7 Å². The van der Waals surface area contributed by atoms with E-state index in [-0.39, 0.29) is 11.9 Å². The Morgan fingerprint density at radius 3 is 2.61 bits per heavy atom. The number of hydrogen-bond acceptors (Lipinski definition) is 6. The van der Waals surface area contributed by atoms with Crippen molar-refractivity contribution in [3.63, 3.8) is 0 Å². The van der Waals surface area contributed by atoms with Crippen LogP contribution in [-0.4, -0.2) is 54.8 Å². The normalized spacial score (nSPS) is 16.5. The smallest absolute Gasteiger partial charge is 0.270 e. The van der Waals surface area contributed by atoms with E-state index in [1.54, 1.807) is 12.3 Å². The molecule has 0 aliphatic carbocycles. The molecule has 1 aromatic heterocycles. The molecule has 0 spiro atoms. The van der Waals surface area contributed by atoms with E-state index in [9.17, 15) is 4.79 Å². The number of benzene rings is 1. The number of amides is 1. The first-order valence-corrected chi connectivity index (χ1v) is 9.71. The molecule has 4 rings (SSSR count). The fourth-order valence-electron chi connectivity index (χ4n) is 3.51. The van der Waals surface area contributed by atoms with Crippen molar-refractivity contribution in [2.45, 2.75) is 26.4 Å². The summed E-state index contributed by atoms with van der Waals surface area (Å²) < 4.78 is 10.8. The van der Waals surface area contributed by atoms with Crippen LogP contribution >= 0.6 is 0 Å². The number of hydrogen-bond donors (Lipinski definition) is 1. The molecule has 2 aromatic rings. The summed E-state index contributed by atoms with van der Waals surface area (Å²) >= 11 is 0. The van der Waals surface area contributed by atoms with E-state index < -0.39 is 0 Å². The summed E-state index contributed by atoms with van der Waals surface area (Å²) in [6.45, 7) is 8.91. The molecule has 28 heavy (non-hydrogen) atoms. The number of ether oxygens (including phenoxy) is 2. The van der Waals surface area contributed by atoms with Gasteiger partial charge in [-0.3, -0.25) is 9.69 Å². The van der Waals surface area contributed by atoms with Gasteiger partial charge in [0.25, 0.3) is 5.91 Å². The third kappa shape index (κ3) is 4.20. The van der Waals surface area contributed by atoms with Gasteiger partial charge in [0.15, 0.2) is 11.5 Å². The van der Waals surface area contributed by atoms with Crippen molar-refractivity contribution in [1.29, 1.82) is 0 Å². The Kier molecular flexibility index (Phi) is 5.34. The zero-order chi connectivity index (χ0) is 19.5. The fourth-order valence-corrected chi connectivity index (χ4v) is 3.51. The van der Waals surface area contributed by atoms with Crippen LogP contribution in [0.25, 0.3) is 0 Å². The van der Waals surface area contributed by atoms with Crippen molar-refractivity contribution in [1.82, 2.24) is 15.2 Å². The van der Waals surface area contributed by atoms with Gasteiger partial charge in [-0.25, -0.2) is 4.98 Å². The second-order valence-electron chi connectivity index (χ2n) is 7.48. The largest absolute Gasteiger partial charge is 0.454 e. The fraction of sp³-hybridized carbons (Fsp3) is 0.429. The Morgan fingerprint density at radius 1 is 1.11 bits per heavy atom. The first-order valence-electron chi connectivity index (χ1n) is 9.71. The molecule has 0 bridgehead atoms. The number of anilines is 1. The summed E-state index contributed by atoms with van der Waals surface area (Å²) in [4.78, 5) is 21.1. The van der Waals surface area contributed by atoms with Gasteiger partial charge in [0, 0.05) is 38.8 Å². The first-order chi connectivity index (χ1) is 13.6. The van der Waals surface area contributed by atoms with Crippen LogP contribution in [0.2, 0.25) is 0 Å². The molecule has 0 atom stereocenters. The number of nitrogens with zero attached hydrogens (tertiary/aromatic N) is 3. The molecule has 2 aliphatic heterocycles. The number of piperazine rings is 1. The minimum atomic E-state index is -0.130. The van der Waals surface area contributed by atoms with Gasteiger partial charge in [-0.2, -0.15) is 0 Å². The maximum atomic E-state index is 12.0. The molecule has 1 N–H and O–H groups in total. The van der Waals surface area contributed by atoms with Gasteiger partial charge in [0.2, 0.25) is 6.79 Å². The van der Waals surface area contributed by atoms with Crippen LogP contribution in [0.5, 0.6) is 11.5 Å². The average Bonchev–Trinajstić information content (AvgIpc) is 3.16. The standard InChI is InChI=1S/C21H26N4O3/c1-15(2)23-21(26)18-5-4-17(12-22-18)25-9-7-24(8-10-25)13-16-3-6-19-20(11-16)28-14-27-19/h3-6,11-12,15H,7-10,13-14H2,1-2H3,(H,23,26). The van der Waals surface area contributed by atoms with Crippen LogP contribution < -0.4 is 19.7 Å². The summed E-state index contributed by atoms with van der Waals surface area (Å²) in [5.74, 6) is 1.53. The van der Waals surface area contributed by atoms with E-state index in [0.717, 1.165) is 49.9 Å². The number of nitrogens with one attached hydrogen (secondary N) is 1. The highest BCUT2D eigenvalue weighted by molar-refractivity contribution is 5.92. The van der Waals surface area contributed by atoms with Crippen molar-refractivity contribution >= 4 is 11.6 Å². The summed E-state index contributed by atoms with van der Waals surface area (Å²) in [5.41, 5.74) is 2.75. The monoisotopic (exact) mass is 382 g/mol. The lowest BCUT2D eigenvalue weighted by molar-refractivity contribution is 0.0938. The summed E-state index contributed by atoms with van der Waals surface area (Å²) in [6.07, 6.45) is 1.79. The Bertz CT molecular complexity index is 830. The van der Waals surface area contributed by atoms with Crippen molar-refractivity contribution in [2.24, 2.45) is 0 Å². The third-order valence-corrected chi connectivity index (χ3v) is 4.98. The highest BCUT2D eigenvalue weighted by Gasteiger charge is 2.20. The summed E-state index contributed by atoms with van der Waals surface area (Å²) in [5, 5.41) is 2.86. The van der Waals surface area contributed by atoms with E-state index in [2.05, 4.69) is 32.2 Å². The van der Waals surface area contributed by atoms with Crippen LogP contribution in [0, 0.1) is 0 Å². The minimum absolute atomic E-state index is 0.104. The predicted octanol–water partition coefficient (Wildman–Crippen LogP) is 2.27. The average molecular weight is 382 g/mol. The molecule has 0 radical (unpaired) electrons. The number of aromatic nitrogens is 1. The maximum absolute atomic E-state index is 12.0. The van der Waals surface area contributed by atoms with Crippen molar-refractivity contribution < 1.29 is 14.3 Å². The van der Waals surface area contributed by atoms with E-state index in [1.165, 1.54) is 5.56 Å². The molecule has 148 valence electrons. The van der Waals surface area contributed by atoms with E-state index in [0.29, 0.717) is 12.5 Å². The molecule has 0 saturated carbocycles. The Hall–Kier alpha value is -2.80. The van der Waals surface area contributed by atoms with Gasteiger partial charge in [-0.1, -0.05) is 6.07 Å². The van der Waals surface area contributed by atoms with Crippen LogP contribution in [0.15, 0.2) is 36.5 Å². The molecule has 1 saturated heterocycles. The molecular weight excluding hydrogens is 356 g/mol. The molecule has 2 aliphatic rings. The Morgan fingerprint density at radius 2 is 1.89 bits per heavy atom. The lowest BCUT2D eigenvalue weighted by Gasteiger charge is -2.36. The summed E-state index contributed by atoms with van der Waals surface area (Å²) in [6, 6.07) is 10.0. The van der Waals surface area contributed by atoms with Crippen molar-refractivity contribution in [2.75, 3.05) is 37.9 Å². The molecule has 1 fully saturated rings. The highest BCUT2D eigenvalue weighted by Crippen LogP contribution is 2.32. The quantitative estimate of drug-likeness (QED) is 0.856. The predicted molar refractivity (Wildman–Crippen MR) is 107 cm³/mol. The molecule has 3 heterocycles. The molecule has 1 aromatic carbocycles. The zero-order valence-electron chi connectivity index (χ0n) is 16.4. The molecular formula is C21H26N4O3. The van der Waals surface area contributed by atoms with Crippen LogP contribution in [0.4, 0.5) is 5.69 Å². The third-order valence-electron chi connectivity index (χ3n) is 4.98. The molecule has 7 heteroatoms. The van der Waals surface area contributed by atoms with Crippen molar-refractivity contribution in [3.05, 3.63) is 47.8 Å². The zero-order valence-corrected chi connectivity index (χ0v) is 16.4. The Balaban J connectivity index is 1.31. The maximum Gasteiger partial charge on any atom is 0.270 e. The number of rotatable bonds is 5. The number of fused-ring (bicyclic) bond motifs is 1. The van der Waals surface area contributed by atoms with Gasteiger partial charge >= 0.3 is 0 Å². The van der Waals surface area contributed by atoms with Crippen LogP contribution in [-0.2, 0) is 6.54 Å². The Labute approximate surface area is 165 Å².